The normalized spacial score (nSPS) is 11.8. The van der Waals surface area contributed by atoms with E-state index in [4.69, 9.17) is 4.74 Å². The molecule has 0 spiro atoms. The van der Waals surface area contributed by atoms with Crippen LogP contribution in [0.2, 0.25) is 0 Å². The molecule has 0 fully saturated rings. The van der Waals surface area contributed by atoms with Crippen molar-refractivity contribution < 1.29 is 9.53 Å². The number of methoxy groups -OCH3 is 1. The Kier molecular flexibility index (Phi) is 6.82. The molecule has 0 aromatic heterocycles. The van der Waals surface area contributed by atoms with Crippen LogP contribution in [0.25, 0.3) is 0 Å². The highest BCUT2D eigenvalue weighted by Gasteiger charge is 2.21. The lowest BCUT2D eigenvalue weighted by Gasteiger charge is -2.20. The summed E-state index contributed by atoms with van der Waals surface area (Å²) in [6.45, 7) is 4.93. The number of unbranched alkanes of at least 4 members (excludes halogenated alkanes) is 1. The predicted molar refractivity (Wildman–Crippen MR) is 98.5 cm³/mol. The van der Waals surface area contributed by atoms with Gasteiger partial charge in [-0.25, -0.2) is 0 Å². The molecule has 0 aliphatic heterocycles. The Morgan fingerprint density at radius 1 is 1.17 bits per heavy atom. The molecule has 2 N–H and O–H groups in total. The van der Waals surface area contributed by atoms with Crippen LogP contribution in [0, 0.1) is 6.92 Å². The van der Waals surface area contributed by atoms with Gasteiger partial charge in [0.25, 0.3) is 0 Å². The number of carbonyl (C=O) groups is 1. The van der Waals surface area contributed by atoms with Crippen molar-refractivity contribution in [1.29, 1.82) is 0 Å². The summed E-state index contributed by atoms with van der Waals surface area (Å²) in [7, 11) is 1.61. The molecule has 128 valence electrons. The van der Waals surface area contributed by atoms with E-state index in [2.05, 4.69) is 17.6 Å². The van der Waals surface area contributed by atoms with Crippen molar-refractivity contribution in [2.75, 3.05) is 19.0 Å². The van der Waals surface area contributed by atoms with E-state index in [1.54, 1.807) is 7.11 Å². The summed E-state index contributed by atoms with van der Waals surface area (Å²) in [6, 6.07) is 15.2. The van der Waals surface area contributed by atoms with Crippen LogP contribution in [0.5, 0.6) is 5.75 Å². The summed E-state index contributed by atoms with van der Waals surface area (Å²) in [6.07, 6.45) is 2.12. The van der Waals surface area contributed by atoms with Gasteiger partial charge < -0.3 is 15.4 Å². The first-order valence-electron chi connectivity index (χ1n) is 8.39. The highest BCUT2D eigenvalue weighted by molar-refractivity contribution is 5.96. The van der Waals surface area contributed by atoms with E-state index in [1.807, 2.05) is 55.5 Å². The van der Waals surface area contributed by atoms with Gasteiger partial charge in [-0.15, -0.1) is 0 Å². The number of aryl methyl sites for hydroxylation is 1. The third-order valence-corrected chi connectivity index (χ3v) is 3.89. The van der Waals surface area contributed by atoms with Gasteiger partial charge in [-0.3, -0.25) is 4.79 Å². The van der Waals surface area contributed by atoms with E-state index in [0.717, 1.165) is 30.5 Å². The van der Waals surface area contributed by atoms with E-state index in [0.29, 0.717) is 11.4 Å². The quantitative estimate of drug-likeness (QED) is 0.719. The first kappa shape index (κ1) is 18.0. The van der Waals surface area contributed by atoms with E-state index >= 15 is 0 Å². The molecular formula is C20H26N2O2. The Balaban J connectivity index is 2.20. The monoisotopic (exact) mass is 326 g/mol. The molecule has 2 rings (SSSR count). The molecular weight excluding hydrogens is 300 g/mol. The lowest BCUT2D eigenvalue weighted by Crippen LogP contribution is -2.33. The maximum atomic E-state index is 12.9. The Morgan fingerprint density at radius 2 is 1.92 bits per heavy atom. The maximum absolute atomic E-state index is 12.9. The first-order valence-corrected chi connectivity index (χ1v) is 8.39. The summed E-state index contributed by atoms with van der Waals surface area (Å²) in [5.41, 5.74) is 2.72. The third kappa shape index (κ3) is 4.83. The van der Waals surface area contributed by atoms with Crippen molar-refractivity contribution in [3.8, 4) is 5.75 Å². The van der Waals surface area contributed by atoms with Crippen molar-refractivity contribution in [2.24, 2.45) is 0 Å². The minimum absolute atomic E-state index is 0.0822. The number of benzene rings is 2. The Morgan fingerprint density at radius 3 is 2.58 bits per heavy atom. The van der Waals surface area contributed by atoms with Crippen LogP contribution in [0.4, 0.5) is 5.69 Å². The average Bonchev–Trinajstić information content (AvgIpc) is 2.59. The Hall–Kier alpha value is -2.33. The molecule has 0 saturated heterocycles. The van der Waals surface area contributed by atoms with Crippen molar-refractivity contribution in [2.45, 2.75) is 32.7 Å². The standard InChI is InChI=1S/C20H26N2O2/c1-4-5-13-21-19(16-9-7-6-8-10-16)20(23)22-17-14-15(2)11-12-18(17)24-3/h6-12,14,19,21H,4-5,13H2,1-3H3,(H,22,23)/t19-/m0/s1. The fourth-order valence-electron chi connectivity index (χ4n) is 2.55. The first-order chi connectivity index (χ1) is 11.7. The number of hydrogen-bond donors (Lipinski definition) is 2. The molecule has 2 aromatic rings. The molecule has 4 nitrogen and oxygen atoms in total. The van der Waals surface area contributed by atoms with Crippen LogP contribution in [-0.4, -0.2) is 19.6 Å². The number of amides is 1. The molecule has 0 saturated carbocycles. The number of hydrogen-bond acceptors (Lipinski definition) is 3. The average molecular weight is 326 g/mol. The summed E-state index contributed by atoms with van der Waals surface area (Å²) in [5.74, 6) is 0.579. The fraction of sp³-hybridized carbons (Fsp3) is 0.350. The van der Waals surface area contributed by atoms with Crippen LogP contribution >= 0.6 is 0 Å². The van der Waals surface area contributed by atoms with Crippen molar-refractivity contribution in [3.05, 3.63) is 59.7 Å². The molecule has 0 aliphatic rings. The second-order valence-corrected chi connectivity index (χ2v) is 5.84. The molecule has 0 aliphatic carbocycles. The van der Waals surface area contributed by atoms with Crippen molar-refractivity contribution in [3.63, 3.8) is 0 Å². The van der Waals surface area contributed by atoms with Gasteiger partial charge in [-0.1, -0.05) is 49.7 Å². The summed E-state index contributed by atoms with van der Waals surface area (Å²) in [4.78, 5) is 12.9. The molecule has 4 heteroatoms. The predicted octanol–water partition coefficient (Wildman–Crippen LogP) is 4.07. The van der Waals surface area contributed by atoms with E-state index in [1.165, 1.54) is 0 Å². The molecule has 0 heterocycles. The van der Waals surface area contributed by atoms with Gasteiger partial charge >= 0.3 is 0 Å². The van der Waals surface area contributed by atoms with E-state index in [9.17, 15) is 4.79 Å². The molecule has 0 unspecified atom stereocenters. The number of nitrogens with one attached hydrogen (secondary N) is 2. The van der Waals surface area contributed by atoms with Gasteiger partial charge in [0.1, 0.15) is 11.8 Å². The van der Waals surface area contributed by atoms with Crippen LogP contribution < -0.4 is 15.4 Å². The fourth-order valence-corrected chi connectivity index (χ4v) is 2.55. The minimum Gasteiger partial charge on any atom is -0.495 e. The zero-order valence-corrected chi connectivity index (χ0v) is 14.6. The largest absolute Gasteiger partial charge is 0.495 e. The third-order valence-electron chi connectivity index (χ3n) is 3.89. The molecule has 2 aromatic carbocycles. The lowest BCUT2D eigenvalue weighted by atomic mass is 10.1. The van der Waals surface area contributed by atoms with Gasteiger partial charge in [0.2, 0.25) is 5.91 Å². The number of carbonyl (C=O) groups excluding carboxylic acids is 1. The van der Waals surface area contributed by atoms with Crippen LogP contribution in [0.1, 0.15) is 36.9 Å². The zero-order valence-electron chi connectivity index (χ0n) is 14.6. The van der Waals surface area contributed by atoms with Crippen LogP contribution in [-0.2, 0) is 4.79 Å². The second-order valence-electron chi connectivity index (χ2n) is 5.84. The smallest absolute Gasteiger partial charge is 0.246 e. The molecule has 24 heavy (non-hydrogen) atoms. The Labute approximate surface area is 144 Å². The van der Waals surface area contributed by atoms with Gasteiger partial charge in [0.05, 0.1) is 12.8 Å². The van der Waals surface area contributed by atoms with Crippen LogP contribution in [0.3, 0.4) is 0 Å². The van der Waals surface area contributed by atoms with Crippen molar-refractivity contribution >= 4 is 11.6 Å². The molecule has 1 amide bonds. The molecule has 0 bridgehead atoms. The minimum atomic E-state index is -0.386. The van der Waals surface area contributed by atoms with Gasteiger partial charge in [-0.05, 0) is 43.1 Å². The molecule has 0 radical (unpaired) electrons. The van der Waals surface area contributed by atoms with Gasteiger partial charge in [-0.2, -0.15) is 0 Å². The summed E-state index contributed by atoms with van der Waals surface area (Å²) < 4.78 is 5.35. The second kappa shape index (κ2) is 9.08. The maximum Gasteiger partial charge on any atom is 0.246 e. The SMILES string of the molecule is CCCCN[C@H](C(=O)Nc1cc(C)ccc1OC)c1ccccc1. The van der Waals surface area contributed by atoms with E-state index < -0.39 is 0 Å². The van der Waals surface area contributed by atoms with E-state index in [-0.39, 0.29) is 11.9 Å². The summed E-state index contributed by atoms with van der Waals surface area (Å²) in [5, 5.41) is 6.36. The van der Waals surface area contributed by atoms with Gasteiger partial charge in [0, 0.05) is 0 Å². The topological polar surface area (TPSA) is 50.4 Å². The number of anilines is 1. The Bertz CT molecular complexity index is 656. The molecule has 1 atom stereocenters. The van der Waals surface area contributed by atoms with Crippen LogP contribution in [0.15, 0.2) is 48.5 Å². The number of rotatable bonds is 8. The zero-order chi connectivity index (χ0) is 17.4. The highest BCUT2D eigenvalue weighted by atomic mass is 16.5. The lowest BCUT2D eigenvalue weighted by molar-refractivity contribution is -0.118. The summed E-state index contributed by atoms with van der Waals surface area (Å²) >= 11 is 0. The van der Waals surface area contributed by atoms with Crippen molar-refractivity contribution in [1.82, 2.24) is 5.32 Å². The number of ether oxygens (including phenoxy) is 1. The highest BCUT2D eigenvalue weighted by Crippen LogP contribution is 2.26. The van der Waals surface area contributed by atoms with Gasteiger partial charge in [0.15, 0.2) is 0 Å².